The van der Waals surface area contributed by atoms with E-state index in [1.165, 1.54) is 27.4 Å². The molecule has 3 N–H and O–H groups in total. The summed E-state index contributed by atoms with van der Waals surface area (Å²) >= 11 is 0. The Kier molecular flexibility index (Phi) is 4.41. The average molecular weight is 311 g/mol. The van der Waals surface area contributed by atoms with Gasteiger partial charge < -0.3 is 0 Å². The predicted molar refractivity (Wildman–Crippen MR) is 73.2 cm³/mol. The molecule has 3 aromatic rings. The number of halogens is 1. The summed E-state index contributed by atoms with van der Waals surface area (Å²) in [5.41, 5.74) is 3.91. The summed E-state index contributed by atoms with van der Waals surface area (Å²) in [6, 6.07) is 12.9. The number of pyridine rings is 2. The SMILES string of the molecule is Cc1ccc(C)c2c[n+]3ccccc3cc12.[O-][Cl+](O)(O)O. The van der Waals surface area contributed by atoms with Crippen LogP contribution in [0, 0.1) is 24.1 Å². The van der Waals surface area contributed by atoms with Gasteiger partial charge in [-0.1, -0.05) is 12.1 Å². The van der Waals surface area contributed by atoms with Crippen molar-refractivity contribution < 1.29 is 33.3 Å². The minimum absolute atomic E-state index is 1.24. The van der Waals surface area contributed by atoms with Crippen molar-refractivity contribution in [3.8, 4) is 0 Å². The van der Waals surface area contributed by atoms with Crippen LogP contribution in [-0.4, -0.2) is 14.0 Å². The molecular weight excluding hydrogens is 294 g/mol. The van der Waals surface area contributed by atoms with Gasteiger partial charge >= 0.3 is 28.9 Å². The number of nitrogens with zero attached hydrogens (tertiary/aromatic N) is 1. The fraction of sp³-hybridized carbons (Fsp3) is 0.133. The zero-order chi connectivity index (χ0) is 15.6. The molecule has 0 fully saturated rings. The first-order valence-electron chi connectivity index (χ1n) is 6.22. The van der Waals surface area contributed by atoms with Gasteiger partial charge in [-0.2, -0.15) is 4.40 Å². The number of aromatic nitrogens is 1. The van der Waals surface area contributed by atoms with E-state index in [2.05, 4.69) is 67.0 Å². The molecule has 0 saturated heterocycles. The summed E-state index contributed by atoms with van der Waals surface area (Å²) in [5.74, 6) is 0. The van der Waals surface area contributed by atoms with Crippen LogP contribution in [0.2, 0.25) is 0 Å². The van der Waals surface area contributed by atoms with E-state index < -0.39 is 10.2 Å². The molecule has 3 rings (SSSR count). The summed E-state index contributed by atoms with van der Waals surface area (Å²) in [6.07, 6.45) is 4.31. The van der Waals surface area contributed by atoms with E-state index in [-0.39, 0.29) is 0 Å². The first-order valence-corrected chi connectivity index (χ1v) is 7.54. The number of hydrogen-bond acceptors (Lipinski definition) is 4. The van der Waals surface area contributed by atoms with E-state index in [9.17, 15) is 0 Å². The third-order valence-corrected chi connectivity index (χ3v) is 3.21. The van der Waals surface area contributed by atoms with Gasteiger partial charge in [0.25, 0.3) is 0 Å². The normalized spacial score (nSPS) is 12.1. The van der Waals surface area contributed by atoms with Crippen molar-refractivity contribution in [2.75, 3.05) is 0 Å². The van der Waals surface area contributed by atoms with Crippen molar-refractivity contribution in [1.82, 2.24) is 0 Å². The molecule has 0 aliphatic carbocycles. The van der Waals surface area contributed by atoms with Crippen LogP contribution < -0.4 is 9.06 Å². The quantitative estimate of drug-likeness (QED) is 0.412. The first kappa shape index (κ1) is 15.6. The number of hydrogen-bond donors (Lipinski definition) is 3. The van der Waals surface area contributed by atoms with Gasteiger partial charge in [-0.3, -0.25) is 0 Å². The summed E-state index contributed by atoms with van der Waals surface area (Å²) in [5, 5.41) is 2.69. The van der Waals surface area contributed by atoms with Crippen molar-refractivity contribution in [3.63, 3.8) is 0 Å². The molecule has 2 aromatic heterocycles. The van der Waals surface area contributed by atoms with Gasteiger partial charge in [0.1, 0.15) is 0 Å². The zero-order valence-electron chi connectivity index (χ0n) is 11.7. The number of benzene rings is 1. The molecule has 0 saturated carbocycles. The maximum absolute atomic E-state index is 8.83. The van der Waals surface area contributed by atoms with Crippen LogP contribution in [0.5, 0.6) is 0 Å². The summed E-state index contributed by atoms with van der Waals surface area (Å²) in [6.45, 7) is 4.33. The van der Waals surface area contributed by atoms with Gasteiger partial charge in [0.2, 0.25) is 5.52 Å². The van der Waals surface area contributed by atoms with E-state index >= 15 is 0 Å². The Labute approximate surface area is 124 Å². The molecule has 5 nitrogen and oxygen atoms in total. The molecule has 0 amide bonds. The molecule has 0 radical (unpaired) electrons. The van der Waals surface area contributed by atoms with Crippen LogP contribution in [0.15, 0.2) is 48.8 Å². The average Bonchev–Trinajstić information content (AvgIpc) is 2.40. The van der Waals surface area contributed by atoms with Crippen LogP contribution >= 0.6 is 0 Å². The number of aryl methyl sites for hydroxylation is 2. The fourth-order valence-electron chi connectivity index (χ4n) is 2.21. The molecule has 0 bridgehead atoms. The van der Waals surface area contributed by atoms with Crippen molar-refractivity contribution in [2.24, 2.45) is 0 Å². The Hall–Kier alpha value is -1.76. The van der Waals surface area contributed by atoms with Gasteiger partial charge in [0, 0.05) is 23.6 Å². The molecule has 0 atom stereocenters. The molecule has 112 valence electrons. The molecule has 0 aliphatic rings. The minimum atomic E-state index is -4.19. The van der Waals surface area contributed by atoms with Crippen molar-refractivity contribution in [1.29, 1.82) is 0 Å². The monoisotopic (exact) mass is 310 g/mol. The van der Waals surface area contributed by atoms with Crippen LogP contribution in [0.3, 0.4) is 0 Å². The Balaban J connectivity index is 0.000000282. The van der Waals surface area contributed by atoms with Crippen LogP contribution in [0.4, 0.5) is 0 Å². The molecule has 6 heteroatoms. The topological polar surface area (TPSA) is 87.9 Å². The Morgan fingerprint density at radius 3 is 2.14 bits per heavy atom. The van der Waals surface area contributed by atoms with E-state index in [1.807, 2.05) is 0 Å². The summed E-state index contributed by atoms with van der Waals surface area (Å²) in [4.78, 5) is 0. The number of rotatable bonds is 0. The molecule has 2 heterocycles. The van der Waals surface area contributed by atoms with E-state index in [1.54, 1.807) is 0 Å². The third-order valence-electron chi connectivity index (χ3n) is 3.21. The van der Waals surface area contributed by atoms with Crippen LogP contribution in [0.1, 0.15) is 11.1 Å². The summed E-state index contributed by atoms with van der Waals surface area (Å²) < 4.78 is 32.4. The van der Waals surface area contributed by atoms with Gasteiger partial charge in [-0.25, -0.2) is 0 Å². The van der Waals surface area contributed by atoms with Gasteiger partial charge in [-0.05, 0) is 36.4 Å². The zero-order valence-corrected chi connectivity index (χ0v) is 12.4. The second-order valence-electron chi connectivity index (χ2n) is 4.77. The molecule has 21 heavy (non-hydrogen) atoms. The van der Waals surface area contributed by atoms with E-state index in [4.69, 9.17) is 18.6 Å². The molecule has 0 unspecified atom stereocenters. The third kappa shape index (κ3) is 4.10. The fourth-order valence-corrected chi connectivity index (χ4v) is 2.21. The second-order valence-corrected chi connectivity index (χ2v) is 5.63. The van der Waals surface area contributed by atoms with Crippen molar-refractivity contribution in [2.45, 2.75) is 13.8 Å². The molecule has 0 aliphatic heterocycles. The standard InChI is InChI=1S/C15H14N.ClH3O4/c1-11-6-7-12(2)15-10-16-8-4-3-5-13(16)9-14(11)15;2-1(3,4)5/h3-10H,1-2H3;2-4H/q+1;. The van der Waals surface area contributed by atoms with Crippen LogP contribution in [-0.2, 0) is 0 Å². The van der Waals surface area contributed by atoms with Crippen LogP contribution in [0.25, 0.3) is 16.3 Å². The molecule has 1 aromatic carbocycles. The number of fused-ring (bicyclic) bond motifs is 2. The van der Waals surface area contributed by atoms with Gasteiger partial charge in [0.05, 0.1) is 0 Å². The Morgan fingerprint density at radius 2 is 1.52 bits per heavy atom. The Morgan fingerprint density at radius 1 is 0.952 bits per heavy atom. The second kappa shape index (κ2) is 5.93. The predicted octanol–water partition coefficient (Wildman–Crippen LogP) is 0.335. The summed E-state index contributed by atoms with van der Waals surface area (Å²) in [7, 11) is -4.19. The first-order chi connectivity index (χ1) is 9.75. The molecular formula is C15H17ClNO4+. The van der Waals surface area contributed by atoms with Crippen molar-refractivity contribution in [3.05, 3.63) is 59.9 Å². The van der Waals surface area contributed by atoms with E-state index in [0.29, 0.717) is 0 Å². The van der Waals surface area contributed by atoms with Crippen molar-refractivity contribution >= 4 is 16.3 Å². The maximum atomic E-state index is 8.83. The van der Waals surface area contributed by atoms with Gasteiger partial charge in [-0.15, -0.1) is 0 Å². The van der Waals surface area contributed by atoms with E-state index in [0.717, 1.165) is 0 Å². The molecule has 0 spiro atoms. The van der Waals surface area contributed by atoms with Gasteiger partial charge in [0.15, 0.2) is 12.4 Å². The Bertz CT molecular complexity index is 718.